The zero-order valence-corrected chi connectivity index (χ0v) is 19.5. The number of fused-ring (bicyclic) bond motifs is 1. The molecule has 3 heterocycles. The number of nitrogens with one attached hydrogen (secondary N) is 2. The predicted molar refractivity (Wildman–Crippen MR) is 125 cm³/mol. The molecule has 2 amide bonds. The summed E-state index contributed by atoms with van der Waals surface area (Å²) in [6.07, 6.45) is 7.19. The molecule has 0 spiro atoms. The zero-order valence-electron chi connectivity index (χ0n) is 19.5. The Bertz CT molecular complexity index is 941. The summed E-state index contributed by atoms with van der Waals surface area (Å²) in [4.78, 5) is 27.1. The molecule has 1 unspecified atom stereocenters. The van der Waals surface area contributed by atoms with Crippen molar-refractivity contribution in [2.45, 2.75) is 76.6 Å². The van der Waals surface area contributed by atoms with Gasteiger partial charge in [-0.3, -0.25) is 9.59 Å². The van der Waals surface area contributed by atoms with Crippen molar-refractivity contribution in [3.63, 3.8) is 0 Å². The van der Waals surface area contributed by atoms with E-state index in [1.165, 1.54) is 19.3 Å². The molecule has 3 aliphatic heterocycles. The Kier molecular flexibility index (Phi) is 6.18. The molecule has 0 bridgehead atoms. The average molecular weight is 454 g/mol. The molecule has 2 saturated heterocycles. The van der Waals surface area contributed by atoms with E-state index in [1.807, 2.05) is 18.2 Å². The molecule has 7 nitrogen and oxygen atoms in total. The Hall–Kier alpha value is -2.38. The van der Waals surface area contributed by atoms with Gasteiger partial charge in [-0.2, -0.15) is 0 Å². The first-order chi connectivity index (χ1) is 15.9. The van der Waals surface area contributed by atoms with E-state index in [-0.39, 0.29) is 23.3 Å². The van der Waals surface area contributed by atoms with Gasteiger partial charge < -0.3 is 25.0 Å². The number of rotatable bonds is 6. The number of amides is 2. The van der Waals surface area contributed by atoms with Crippen LogP contribution < -0.4 is 15.4 Å². The van der Waals surface area contributed by atoms with Crippen LogP contribution in [0.4, 0.5) is 0 Å². The van der Waals surface area contributed by atoms with Gasteiger partial charge in [0.1, 0.15) is 17.9 Å². The van der Waals surface area contributed by atoms with E-state index in [2.05, 4.69) is 24.1 Å². The first kappa shape index (κ1) is 22.4. The van der Waals surface area contributed by atoms with E-state index in [0.29, 0.717) is 31.0 Å². The Morgan fingerprint density at radius 2 is 2.03 bits per heavy atom. The van der Waals surface area contributed by atoms with Crippen LogP contribution in [0, 0.1) is 5.41 Å². The maximum atomic E-state index is 13.0. The van der Waals surface area contributed by atoms with Crippen molar-refractivity contribution >= 4 is 11.8 Å². The van der Waals surface area contributed by atoms with Crippen molar-refractivity contribution in [2.24, 2.45) is 5.41 Å². The van der Waals surface area contributed by atoms with Gasteiger partial charge in [0.25, 0.3) is 5.91 Å². The van der Waals surface area contributed by atoms with E-state index < -0.39 is 6.04 Å². The molecule has 0 radical (unpaired) electrons. The van der Waals surface area contributed by atoms with Gasteiger partial charge in [-0.05, 0) is 55.9 Å². The molecule has 7 heteroatoms. The molecule has 2 N–H and O–H groups in total. The van der Waals surface area contributed by atoms with Crippen molar-refractivity contribution in [3.05, 3.63) is 41.6 Å². The fourth-order valence-corrected chi connectivity index (χ4v) is 5.46. The molecule has 1 aromatic rings. The molecule has 5 rings (SSSR count). The molecule has 0 aromatic heterocycles. The van der Waals surface area contributed by atoms with Gasteiger partial charge in [-0.15, -0.1) is 0 Å². The Morgan fingerprint density at radius 3 is 2.79 bits per heavy atom. The van der Waals surface area contributed by atoms with Crippen LogP contribution in [-0.2, 0) is 16.1 Å². The average Bonchev–Trinajstić information content (AvgIpc) is 2.93. The lowest BCUT2D eigenvalue weighted by atomic mass is 9.88. The number of ether oxygens (including phenoxy) is 2. The third kappa shape index (κ3) is 4.66. The number of carbonyl (C=O) groups excluding carboxylic acids is 2. The lowest BCUT2D eigenvalue weighted by molar-refractivity contribution is -0.126. The highest BCUT2D eigenvalue weighted by Gasteiger charge is 2.39. The number of piperidine rings is 1. The minimum atomic E-state index is -0.438. The normalized spacial score (nSPS) is 29.2. The quantitative estimate of drug-likeness (QED) is 0.647. The number of allylic oxidation sites excluding steroid dienone is 1. The zero-order chi connectivity index (χ0) is 23.0. The van der Waals surface area contributed by atoms with E-state index in [1.54, 1.807) is 4.90 Å². The molecular weight excluding hydrogens is 418 g/mol. The van der Waals surface area contributed by atoms with Gasteiger partial charge in [-0.25, -0.2) is 0 Å². The van der Waals surface area contributed by atoms with E-state index in [4.69, 9.17) is 9.47 Å². The number of nitrogens with zero attached hydrogens (tertiary/aromatic N) is 1. The van der Waals surface area contributed by atoms with Crippen LogP contribution in [-0.4, -0.2) is 54.7 Å². The van der Waals surface area contributed by atoms with Gasteiger partial charge in [-0.1, -0.05) is 26.3 Å². The van der Waals surface area contributed by atoms with Gasteiger partial charge in [0, 0.05) is 35.8 Å². The second kappa shape index (κ2) is 9.11. The molecule has 1 aromatic carbocycles. The molecular formula is C26H35N3O4. The van der Waals surface area contributed by atoms with Gasteiger partial charge in [0.15, 0.2) is 0 Å². The van der Waals surface area contributed by atoms with Gasteiger partial charge in [0.05, 0.1) is 13.2 Å². The monoisotopic (exact) mass is 453 g/mol. The first-order valence-electron chi connectivity index (χ1n) is 12.3. The smallest absolute Gasteiger partial charge is 0.255 e. The summed E-state index contributed by atoms with van der Waals surface area (Å²) >= 11 is 0. The summed E-state index contributed by atoms with van der Waals surface area (Å²) < 4.78 is 11.9. The van der Waals surface area contributed by atoms with Gasteiger partial charge >= 0.3 is 0 Å². The molecule has 178 valence electrons. The Morgan fingerprint density at radius 1 is 1.21 bits per heavy atom. The number of carbonyl (C=O) groups is 2. The summed E-state index contributed by atoms with van der Waals surface area (Å²) in [5.41, 5.74) is 2.56. The lowest BCUT2D eigenvalue weighted by Crippen LogP contribution is -2.52. The second-order valence-electron chi connectivity index (χ2n) is 10.5. The summed E-state index contributed by atoms with van der Waals surface area (Å²) in [5, 5.41) is 6.57. The minimum Gasteiger partial charge on any atom is -0.489 e. The molecule has 1 saturated carbocycles. The number of hydrogen-bond acceptors (Lipinski definition) is 5. The van der Waals surface area contributed by atoms with E-state index >= 15 is 0 Å². The fraction of sp³-hybridized carbons (Fsp3) is 0.615. The first-order valence-corrected chi connectivity index (χ1v) is 12.3. The van der Waals surface area contributed by atoms with Crippen LogP contribution in [0.15, 0.2) is 30.5 Å². The minimum absolute atomic E-state index is 0.0748. The van der Waals surface area contributed by atoms with Crippen LogP contribution >= 0.6 is 0 Å². The second-order valence-corrected chi connectivity index (χ2v) is 10.5. The summed E-state index contributed by atoms with van der Waals surface area (Å²) in [5.74, 6) is 0.595. The summed E-state index contributed by atoms with van der Waals surface area (Å²) in [6.45, 7) is 9.13. The molecule has 3 fully saturated rings. The number of benzene rings is 1. The topological polar surface area (TPSA) is 79.9 Å². The van der Waals surface area contributed by atoms with Gasteiger partial charge in [0.2, 0.25) is 5.91 Å². The SMILES string of the molecule is C=C1CCC(N2Cc3cc(O[C@H]4CCCCC[C@@H]4NCC4(C)COC4)ccc3C2=O)C(=O)N1. The summed E-state index contributed by atoms with van der Waals surface area (Å²) in [6, 6.07) is 5.64. The molecule has 3 atom stereocenters. The Balaban J connectivity index is 1.26. The summed E-state index contributed by atoms with van der Waals surface area (Å²) in [7, 11) is 0. The van der Waals surface area contributed by atoms with E-state index in [9.17, 15) is 9.59 Å². The molecule has 4 aliphatic rings. The fourth-order valence-electron chi connectivity index (χ4n) is 5.46. The van der Waals surface area contributed by atoms with Crippen molar-refractivity contribution < 1.29 is 19.1 Å². The third-order valence-corrected chi connectivity index (χ3v) is 7.54. The van der Waals surface area contributed by atoms with Crippen LogP contribution in [0.3, 0.4) is 0 Å². The largest absolute Gasteiger partial charge is 0.489 e. The Labute approximate surface area is 195 Å². The highest BCUT2D eigenvalue weighted by atomic mass is 16.5. The molecule has 33 heavy (non-hydrogen) atoms. The lowest BCUT2D eigenvalue weighted by Gasteiger charge is -2.40. The van der Waals surface area contributed by atoms with Crippen molar-refractivity contribution in [3.8, 4) is 5.75 Å². The highest BCUT2D eigenvalue weighted by Crippen LogP contribution is 2.32. The van der Waals surface area contributed by atoms with Crippen molar-refractivity contribution in [1.29, 1.82) is 0 Å². The highest BCUT2D eigenvalue weighted by molar-refractivity contribution is 6.01. The number of hydrogen-bond donors (Lipinski definition) is 2. The van der Waals surface area contributed by atoms with Crippen LogP contribution in [0.25, 0.3) is 0 Å². The predicted octanol–water partition coefficient (Wildman–Crippen LogP) is 3.14. The molecule has 1 aliphatic carbocycles. The van der Waals surface area contributed by atoms with Crippen molar-refractivity contribution in [2.75, 3.05) is 19.8 Å². The maximum absolute atomic E-state index is 13.0. The van der Waals surface area contributed by atoms with Crippen LogP contribution in [0.2, 0.25) is 0 Å². The van der Waals surface area contributed by atoms with Crippen LogP contribution in [0.1, 0.15) is 67.8 Å². The third-order valence-electron chi connectivity index (χ3n) is 7.54. The maximum Gasteiger partial charge on any atom is 0.255 e. The van der Waals surface area contributed by atoms with E-state index in [0.717, 1.165) is 49.6 Å². The van der Waals surface area contributed by atoms with Crippen molar-refractivity contribution in [1.82, 2.24) is 15.5 Å². The van der Waals surface area contributed by atoms with Crippen LogP contribution in [0.5, 0.6) is 5.75 Å². The standard InChI is InChI=1S/C26H35N3O4/c1-17-8-11-22(24(30)28-17)29-13-18-12-19(9-10-20(18)25(29)31)33-23-7-5-3-4-6-21(23)27-14-26(2)15-32-16-26/h9-10,12,21-23,27H,1,3-8,11,13-16H2,2H3,(H,28,30)/t21-,22?,23-/m0/s1.